The minimum atomic E-state index is 0.0578. The number of rotatable bonds is 2. The molecule has 0 amide bonds. The van der Waals surface area contributed by atoms with E-state index in [1.54, 1.807) is 0 Å². The van der Waals surface area contributed by atoms with Crippen LogP contribution in [0.4, 0.5) is 0 Å². The number of benzene rings is 1. The Bertz CT molecular complexity index is 661. The number of ketones is 1. The molecule has 2 unspecified atom stereocenters. The molecule has 1 N–H and O–H groups in total. The first-order chi connectivity index (χ1) is 10.1. The maximum absolute atomic E-state index is 12.9. The predicted molar refractivity (Wildman–Crippen MR) is 85.9 cm³/mol. The van der Waals surface area contributed by atoms with Crippen molar-refractivity contribution in [3.63, 3.8) is 0 Å². The molecule has 2 nitrogen and oxygen atoms in total. The molecule has 0 aromatic heterocycles. The summed E-state index contributed by atoms with van der Waals surface area (Å²) in [7, 11) is 0. The number of Topliss-reactive ketones (excluding diaryl/α,β-unsaturated/α-hetero) is 1. The van der Waals surface area contributed by atoms with E-state index >= 15 is 0 Å². The molecule has 2 saturated carbocycles. The SMILES string of the molecule is CCc1ccc(Br)cc1C1=C(O)[C@H]2C3CCC(C3)[C@H]2C1=O. The van der Waals surface area contributed by atoms with Crippen molar-refractivity contribution in [2.24, 2.45) is 23.7 Å². The summed E-state index contributed by atoms with van der Waals surface area (Å²) in [6, 6.07) is 6.05. The van der Waals surface area contributed by atoms with E-state index in [1.807, 2.05) is 12.1 Å². The van der Waals surface area contributed by atoms with Crippen molar-refractivity contribution in [3.05, 3.63) is 39.6 Å². The highest BCUT2D eigenvalue weighted by Gasteiger charge is 2.57. The van der Waals surface area contributed by atoms with Crippen LogP contribution in [0, 0.1) is 23.7 Å². The van der Waals surface area contributed by atoms with Gasteiger partial charge in [-0.1, -0.05) is 28.9 Å². The molecule has 3 aliphatic rings. The van der Waals surface area contributed by atoms with Gasteiger partial charge in [-0.3, -0.25) is 4.79 Å². The fraction of sp³-hybridized carbons (Fsp3) is 0.500. The Morgan fingerprint density at radius 2 is 1.95 bits per heavy atom. The summed E-state index contributed by atoms with van der Waals surface area (Å²) < 4.78 is 0.961. The number of hydrogen-bond acceptors (Lipinski definition) is 2. The highest BCUT2D eigenvalue weighted by atomic mass is 79.9. The molecule has 1 aromatic rings. The van der Waals surface area contributed by atoms with E-state index in [4.69, 9.17) is 0 Å². The topological polar surface area (TPSA) is 37.3 Å². The van der Waals surface area contributed by atoms with Crippen molar-refractivity contribution in [1.82, 2.24) is 0 Å². The second-order valence-electron chi connectivity index (χ2n) is 6.66. The van der Waals surface area contributed by atoms with Crippen molar-refractivity contribution >= 4 is 27.3 Å². The normalized spacial score (nSPS) is 33.9. The Balaban J connectivity index is 1.85. The van der Waals surface area contributed by atoms with Crippen LogP contribution in [0.5, 0.6) is 0 Å². The van der Waals surface area contributed by atoms with E-state index < -0.39 is 0 Å². The van der Waals surface area contributed by atoms with E-state index in [1.165, 1.54) is 6.42 Å². The molecular weight excluding hydrogens is 328 g/mol. The van der Waals surface area contributed by atoms with Gasteiger partial charge in [0.15, 0.2) is 5.78 Å². The summed E-state index contributed by atoms with van der Waals surface area (Å²) in [6.07, 6.45) is 4.35. The summed E-state index contributed by atoms with van der Waals surface area (Å²) >= 11 is 3.49. The van der Waals surface area contributed by atoms with Crippen molar-refractivity contribution in [2.45, 2.75) is 32.6 Å². The zero-order valence-electron chi connectivity index (χ0n) is 12.1. The van der Waals surface area contributed by atoms with Crippen LogP contribution < -0.4 is 0 Å². The monoisotopic (exact) mass is 346 g/mol. The minimum Gasteiger partial charge on any atom is -0.511 e. The molecule has 0 heterocycles. The molecule has 1 aromatic carbocycles. The lowest BCUT2D eigenvalue weighted by molar-refractivity contribution is -0.118. The molecule has 21 heavy (non-hydrogen) atoms. The molecule has 2 fully saturated rings. The molecule has 4 rings (SSSR count). The lowest BCUT2D eigenvalue weighted by atomic mass is 9.80. The second kappa shape index (κ2) is 4.70. The molecule has 2 bridgehead atoms. The van der Waals surface area contributed by atoms with Crippen LogP contribution >= 0.6 is 15.9 Å². The van der Waals surface area contributed by atoms with Gasteiger partial charge in [0.25, 0.3) is 0 Å². The van der Waals surface area contributed by atoms with E-state index in [-0.39, 0.29) is 17.6 Å². The number of fused-ring (bicyclic) bond motifs is 5. The molecule has 3 heteroatoms. The van der Waals surface area contributed by atoms with Crippen LogP contribution in [0.1, 0.15) is 37.3 Å². The van der Waals surface area contributed by atoms with Gasteiger partial charge in [-0.05, 0) is 60.8 Å². The van der Waals surface area contributed by atoms with Crippen molar-refractivity contribution in [1.29, 1.82) is 0 Å². The van der Waals surface area contributed by atoms with E-state index in [0.29, 0.717) is 23.2 Å². The largest absolute Gasteiger partial charge is 0.511 e. The number of carbonyl (C=O) groups is 1. The Morgan fingerprint density at radius 3 is 2.62 bits per heavy atom. The maximum Gasteiger partial charge on any atom is 0.170 e. The average Bonchev–Trinajstić information content (AvgIpc) is 3.13. The molecule has 0 radical (unpaired) electrons. The Kier molecular flexibility index (Phi) is 3.04. The van der Waals surface area contributed by atoms with Crippen LogP contribution in [0.2, 0.25) is 0 Å². The Labute approximate surface area is 133 Å². The number of aryl methyl sites for hydroxylation is 1. The van der Waals surface area contributed by atoms with Crippen molar-refractivity contribution in [2.75, 3.05) is 0 Å². The lowest BCUT2D eigenvalue weighted by Gasteiger charge is -2.23. The first-order valence-electron chi connectivity index (χ1n) is 7.88. The van der Waals surface area contributed by atoms with E-state index in [9.17, 15) is 9.90 Å². The second-order valence-corrected chi connectivity index (χ2v) is 7.58. The first-order valence-corrected chi connectivity index (χ1v) is 8.67. The standard InChI is InChI=1S/C18H19BrO2/c1-2-9-5-6-12(19)8-13(9)16-17(20)14-10-3-4-11(7-10)15(14)18(16)21/h5-6,8,10-11,14-15,20H,2-4,7H2,1H3/t10?,11?,14-,15+/m0/s1. The average molecular weight is 347 g/mol. The number of aliphatic hydroxyl groups excluding tert-OH is 1. The maximum atomic E-state index is 12.9. The lowest BCUT2D eigenvalue weighted by Crippen LogP contribution is -2.24. The molecular formula is C18H19BrO2. The van der Waals surface area contributed by atoms with Crippen LogP contribution in [0.15, 0.2) is 28.4 Å². The van der Waals surface area contributed by atoms with Gasteiger partial charge < -0.3 is 5.11 Å². The van der Waals surface area contributed by atoms with Crippen LogP contribution in [-0.4, -0.2) is 10.9 Å². The first kappa shape index (κ1) is 13.6. The molecule has 4 atom stereocenters. The van der Waals surface area contributed by atoms with Crippen molar-refractivity contribution in [3.8, 4) is 0 Å². The minimum absolute atomic E-state index is 0.0578. The zero-order valence-corrected chi connectivity index (χ0v) is 13.7. The highest BCUT2D eigenvalue weighted by Crippen LogP contribution is 2.60. The van der Waals surface area contributed by atoms with Gasteiger partial charge in [-0.15, -0.1) is 0 Å². The molecule has 0 aliphatic heterocycles. The summed E-state index contributed by atoms with van der Waals surface area (Å²) in [5, 5.41) is 10.8. The Morgan fingerprint density at radius 1 is 1.24 bits per heavy atom. The summed E-state index contributed by atoms with van der Waals surface area (Å²) in [5.74, 6) is 1.77. The van der Waals surface area contributed by atoms with Crippen molar-refractivity contribution < 1.29 is 9.90 Å². The number of aliphatic hydroxyl groups is 1. The Hall–Kier alpha value is -1.09. The fourth-order valence-corrected chi connectivity index (χ4v) is 5.24. The molecule has 0 saturated heterocycles. The van der Waals surface area contributed by atoms with E-state index in [2.05, 4.69) is 28.9 Å². The third-order valence-corrected chi connectivity index (χ3v) is 6.25. The van der Waals surface area contributed by atoms with Gasteiger partial charge in [0.2, 0.25) is 0 Å². The molecule has 110 valence electrons. The summed E-state index contributed by atoms with van der Waals surface area (Å²) in [5.41, 5.74) is 2.68. The van der Waals surface area contributed by atoms with Crippen LogP contribution in [0.3, 0.4) is 0 Å². The van der Waals surface area contributed by atoms with Gasteiger partial charge in [-0.25, -0.2) is 0 Å². The molecule has 3 aliphatic carbocycles. The fourth-order valence-electron chi connectivity index (χ4n) is 4.88. The number of carbonyl (C=O) groups excluding carboxylic acids is 1. The smallest absolute Gasteiger partial charge is 0.170 e. The number of allylic oxidation sites excluding steroid dienone is 2. The summed E-state index contributed by atoms with van der Waals surface area (Å²) in [6.45, 7) is 2.09. The number of hydrogen-bond donors (Lipinski definition) is 1. The predicted octanol–water partition coefficient (Wildman–Crippen LogP) is 4.53. The van der Waals surface area contributed by atoms with Gasteiger partial charge in [0.1, 0.15) is 5.76 Å². The van der Waals surface area contributed by atoms with E-state index in [0.717, 1.165) is 34.9 Å². The van der Waals surface area contributed by atoms with Gasteiger partial charge >= 0.3 is 0 Å². The number of halogens is 1. The third kappa shape index (κ3) is 1.79. The molecule has 0 spiro atoms. The third-order valence-electron chi connectivity index (χ3n) is 5.76. The van der Waals surface area contributed by atoms with Gasteiger partial charge in [0.05, 0.1) is 5.57 Å². The van der Waals surface area contributed by atoms with Crippen LogP contribution in [-0.2, 0) is 11.2 Å². The van der Waals surface area contributed by atoms with Crippen LogP contribution in [0.25, 0.3) is 5.57 Å². The quantitative estimate of drug-likeness (QED) is 0.854. The van der Waals surface area contributed by atoms with Gasteiger partial charge in [-0.2, -0.15) is 0 Å². The van der Waals surface area contributed by atoms with Gasteiger partial charge in [0, 0.05) is 16.3 Å². The zero-order chi connectivity index (χ0) is 14.7. The highest BCUT2D eigenvalue weighted by molar-refractivity contribution is 9.10. The summed E-state index contributed by atoms with van der Waals surface area (Å²) in [4.78, 5) is 12.9.